The van der Waals surface area contributed by atoms with E-state index in [4.69, 9.17) is 8.85 Å². The molecular formula is C11H13NO2Si+. The van der Waals surface area contributed by atoms with Crippen molar-refractivity contribution in [2.24, 2.45) is 0 Å². The summed E-state index contributed by atoms with van der Waals surface area (Å²) in [5, 5.41) is 3.19. The van der Waals surface area contributed by atoms with Crippen LogP contribution in [0.15, 0.2) is 36.5 Å². The molecule has 3 nitrogen and oxygen atoms in total. The molecule has 0 amide bonds. The minimum absolute atomic E-state index is 0. The van der Waals surface area contributed by atoms with Crippen LogP contribution in [-0.2, 0) is 8.85 Å². The van der Waals surface area contributed by atoms with Crippen molar-refractivity contribution in [1.29, 1.82) is 0 Å². The highest BCUT2D eigenvalue weighted by molar-refractivity contribution is 6.63. The van der Waals surface area contributed by atoms with Gasteiger partial charge in [-0.25, -0.2) is 0 Å². The Balaban J connectivity index is 0.00000128. The first-order valence-corrected chi connectivity index (χ1v) is 5.97. The molecule has 2 aromatic rings. The Morgan fingerprint density at radius 1 is 1.13 bits per heavy atom. The first-order valence-electron chi connectivity index (χ1n) is 4.66. The summed E-state index contributed by atoms with van der Waals surface area (Å²) < 4.78 is 10.6. The first kappa shape index (κ1) is 10.3. The summed E-state index contributed by atoms with van der Waals surface area (Å²) in [6.07, 6.45) is 1.79. The van der Waals surface area contributed by atoms with Gasteiger partial charge in [0.05, 0.1) is 5.32 Å². The fraction of sp³-hybridized carbons (Fsp3) is 0.182. The third-order valence-electron chi connectivity index (χ3n) is 2.24. The van der Waals surface area contributed by atoms with Gasteiger partial charge in [-0.2, -0.15) is 0 Å². The Morgan fingerprint density at radius 3 is 2.60 bits per heavy atom. The number of rotatable bonds is 3. The Kier molecular flexibility index (Phi) is 3.10. The van der Waals surface area contributed by atoms with Gasteiger partial charge in [-0.3, -0.25) is 4.98 Å². The summed E-state index contributed by atoms with van der Waals surface area (Å²) in [6, 6.07) is 10.1. The SMILES string of the molecule is CO[Si](OC)c1nccc2ccccc12.[H+]. The Bertz CT molecular complexity index is 457. The van der Waals surface area contributed by atoms with E-state index in [0.29, 0.717) is 0 Å². The summed E-state index contributed by atoms with van der Waals surface area (Å²) in [5.74, 6) is 0. The van der Waals surface area contributed by atoms with Crippen molar-refractivity contribution >= 4 is 25.4 Å². The predicted octanol–water partition coefficient (Wildman–Crippen LogP) is 1.34. The molecule has 1 heterocycles. The van der Waals surface area contributed by atoms with Crippen molar-refractivity contribution in [2.75, 3.05) is 14.2 Å². The normalized spacial score (nSPS) is 11.1. The highest BCUT2D eigenvalue weighted by atomic mass is 28.3. The minimum atomic E-state index is -1.44. The van der Waals surface area contributed by atoms with E-state index in [0.717, 1.165) is 10.7 Å². The molecule has 0 N–H and O–H groups in total. The highest BCUT2D eigenvalue weighted by Crippen LogP contribution is 2.10. The van der Waals surface area contributed by atoms with E-state index in [1.54, 1.807) is 20.4 Å². The molecule has 1 radical (unpaired) electrons. The fourth-order valence-electron chi connectivity index (χ4n) is 1.56. The quantitative estimate of drug-likeness (QED) is 0.730. The number of hydrogen-bond donors (Lipinski definition) is 0. The highest BCUT2D eigenvalue weighted by Gasteiger charge is 2.19. The van der Waals surface area contributed by atoms with Crippen LogP contribution in [0.5, 0.6) is 0 Å². The van der Waals surface area contributed by atoms with Gasteiger partial charge in [0.2, 0.25) is 0 Å². The molecule has 0 fully saturated rings. The zero-order valence-corrected chi connectivity index (χ0v) is 9.73. The van der Waals surface area contributed by atoms with E-state index in [2.05, 4.69) is 11.1 Å². The van der Waals surface area contributed by atoms with E-state index < -0.39 is 9.28 Å². The maximum Gasteiger partial charge on any atom is 1.00 e. The van der Waals surface area contributed by atoms with Gasteiger partial charge in [0, 0.05) is 25.8 Å². The lowest BCUT2D eigenvalue weighted by atomic mass is 10.2. The number of nitrogens with zero attached hydrogens (tertiary/aromatic N) is 1. The van der Waals surface area contributed by atoms with E-state index in [-0.39, 0.29) is 1.43 Å². The van der Waals surface area contributed by atoms with Crippen molar-refractivity contribution in [3.63, 3.8) is 0 Å². The van der Waals surface area contributed by atoms with Gasteiger partial charge >= 0.3 is 10.7 Å². The second-order valence-corrected chi connectivity index (χ2v) is 4.94. The fourth-order valence-corrected chi connectivity index (χ4v) is 2.74. The van der Waals surface area contributed by atoms with Gasteiger partial charge in [-0.1, -0.05) is 24.3 Å². The van der Waals surface area contributed by atoms with Crippen molar-refractivity contribution < 1.29 is 10.3 Å². The zero-order valence-electron chi connectivity index (χ0n) is 9.73. The van der Waals surface area contributed by atoms with Crippen molar-refractivity contribution in [1.82, 2.24) is 4.98 Å². The smallest absolute Gasteiger partial charge is 0.392 e. The van der Waals surface area contributed by atoms with Crippen molar-refractivity contribution in [3.8, 4) is 0 Å². The van der Waals surface area contributed by atoms with Crippen LogP contribution < -0.4 is 5.32 Å². The lowest BCUT2D eigenvalue weighted by molar-refractivity contribution is 0.291. The van der Waals surface area contributed by atoms with Crippen LogP contribution in [0, 0.1) is 0 Å². The summed E-state index contributed by atoms with van der Waals surface area (Å²) in [7, 11) is 1.87. The number of hydrogen-bond acceptors (Lipinski definition) is 3. The molecule has 0 saturated heterocycles. The second kappa shape index (κ2) is 4.52. The first-order chi connectivity index (χ1) is 7.36. The molecular weight excluding hydrogens is 206 g/mol. The van der Waals surface area contributed by atoms with Gasteiger partial charge < -0.3 is 8.85 Å². The molecule has 1 aromatic carbocycles. The summed E-state index contributed by atoms with van der Waals surface area (Å²) in [5.41, 5.74) is 0. The average molecular weight is 219 g/mol. The van der Waals surface area contributed by atoms with E-state index in [9.17, 15) is 0 Å². The molecule has 1 aromatic heterocycles. The largest absolute Gasteiger partial charge is 1.00 e. The molecule has 0 aliphatic rings. The van der Waals surface area contributed by atoms with Crippen LogP contribution in [-0.4, -0.2) is 28.5 Å². The van der Waals surface area contributed by atoms with Crippen LogP contribution in [0.25, 0.3) is 10.8 Å². The predicted molar refractivity (Wildman–Crippen MR) is 62.3 cm³/mol. The van der Waals surface area contributed by atoms with Crippen LogP contribution in [0.3, 0.4) is 0 Å². The molecule has 77 valence electrons. The molecule has 0 spiro atoms. The Hall–Kier alpha value is -1.23. The van der Waals surface area contributed by atoms with Gasteiger partial charge in [0.15, 0.2) is 0 Å². The van der Waals surface area contributed by atoms with E-state index >= 15 is 0 Å². The van der Waals surface area contributed by atoms with Crippen LogP contribution in [0.1, 0.15) is 1.43 Å². The van der Waals surface area contributed by atoms with Gasteiger partial charge in [0.25, 0.3) is 0 Å². The average Bonchev–Trinajstić information content (AvgIpc) is 2.31. The molecule has 0 aliphatic heterocycles. The summed E-state index contributed by atoms with van der Waals surface area (Å²) in [4.78, 5) is 4.34. The maximum atomic E-state index is 5.31. The lowest BCUT2D eigenvalue weighted by Gasteiger charge is -2.10. The number of pyridine rings is 1. The molecule has 4 heteroatoms. The minimum Gasteiger partial charge on any atom is -0.392 e. The second-order valence-electron chi connectivity index (χ2n) is 3.08. The third-order valence-corrected chi connectivity index (χ3v) is 3.76. The van der Waals surface area contributed by atoms with Crippen LogP contribution in [0.4, 0.5) is 0 Å². The standard InChI is InChI=1S/C11H12NO2Si/c1-13-15(14-2)11-10-6-4-3-5-9(10)7-8-12-11/h3-8H,1-2H3/p+1. The third kappa shape index (κ3) is 1.92. The van der Waals surface area contributed by atoms with Gasteiger partial charge in [0.1, 0.15) is 0 Å². The van der Waals surface area contributed by atoms with Gasteiger partial charge in [-0.05, 0) is 11.5 Å². The Morgan fingerprint density at radius 2 is 1.87 bits per heavy atom. The molecule has 0 aliphatic carbocycles. The molecule has 0 saturated carbocycles. The maximum absolute atomic E-state index is 5.31. The summed E-state index contributed by atoms with van der Waals surface area (Å²) in [6.45, 7) is 0. The van der Waals surface area contributed by atoms with Crippen LogP contribution in [0.2, 0.25) is 0 Å². The topological polar surface area (TPSA) is 31.4 Å². The van der Waals surface area contributed by atoms with Crippen molar-refractivity contribution in [3.05, 3.63) is 36.5 Å². The van der Waals surface area contributed by atoms with Crippen LogP contribution >= 0.6 is 0 Å². The molecule has 0 atom stereocenters. The molecule has 2 rings (SSSR count). The zero-order chi connectivity index (χ0) is 10.7. The molecule has 15 heavy (non-hydrogen) atoms. The van der Waals surface area contributed by atoms with Crippen molar-refractivity contribution in [2.45, 2.75) is 0 Å². The molecule has 0 bridgehead atoms. The number of aromatic nitrogens is 1. The Labute approximate surface area is 92.0 Å². The number of benzene rings is 1. The van der Waals surface area contributed by atoms with E-state index in [1.807, 2.05) is 24.3 Å². The molecule has 0 unspecified atom stereocenters. The lowest BCUT2D eigenvalue weighted by Crippen LogP contribution is -2.37. The van der Waals surface area contributed by atoms with E-state index in [1.165, 1.54) is 5.39 Å². The summed E-state index contributed by atoms with van der Waals surface area (Å²) >= 11 is 0. The number of fused-ring (bicyclic) bond motifs is 1. The van der Waals surface area contributed by atoms with Gasteiger partial charge in [-0.15, -0.1) is 0 Å². The monoisotopic (exact) mass is 219 g/mol.